The summed E-state index contributed by atoms with van der Waals surface area (Å²) in [5.41, 5.74) is 1.71. The molecule has 2 aromatic rings. The molecule has 3 rings (SSSR count). The number of carboxylic acid groups (broad SMARTS) is 1. The molecule has 0 aliphatic heterocycles. The van der Waals surface area contributed by atoms with E-state index in [1.54, 1.807) is 6.07 Å². The van der Waals surface area contributed by atoms with E-state index >= 15 is 0 Å². The standard InChI is InChI=1S/C19H25N3O5/c1-21(2)17-10-16-13(9-15(17)20-5-7-27-8-6-23)18(24)14(19(25)26)11-22(16)12-3-4-12/h9-12,20,23H,3-8H2,1-2H3,(H,25,26). The van der Waals surface area contributed by atoms with Gasteiger partial charge in [0.25, 0.3) is 0 Å². The molecule has 146 valence electrons. The Hall–Kier alpha value is -2.58. The third-order valence-electron chi connectivity index (χ3n) is 4.60. The molecule has 1 saturated carbocycles. The van der Waals surface area contributed by atoms with Crippen LogP contribution in [0.15, 0.2) is 23.1 Å². The number of benzene rings is 1. The van der Waals surface area contributed by atoms with Crippen molar-refractivity contribution in [2.24, 2.45) is 0 Å². The highest BCUT2D eigenvalue weighted by molar-refractivity contribution is 5.96. The predicted molar refractivity (Wildman–Crippen MR) is 104 cm³/mol. The van der Waals surface area contributed by atoms with Gasteiger partial charge in [0.15, 0.2) is 0 Å². The molecule has 1 aromatic carbocycles. The van der Waals surface area contributed by atoms with Crippen LogP contribution >= 0.6 is 0 Å². The normalized spacial score (nSPS) is 13.7. The smallest absolute Gasteiger partial charge is 0.341 e. The molecule has 0 radical (unpaired) electrons. The molecule has 8 heteroatoms. The number of aliphatic hydroxyl groups excluding tert-OH is 1. The van der Waals surface area contributed by atoms with E-state index < -0.39 is 11.4 Å². The number of ether oxygens (including phenoxy) is 1. The maximum absolute atomic E-state index is 12.7. The molecule has 8 nitrogen and oxygen atoms in total. The first-order chi connectivity index (χ1) is 12.9. The van der Waals surface area contributed by atoms with Crippen LogP contribution in [0.2, 0.25) is 0 Å². The van der Waals surface area contributed by atoms with Crippen molar-refractivity contribution in [1.29, 1.82) is 0 Å². The lowest BCUT2D eigenvalue weighted by molar-refractivity contribution is 0.0695. The van der Waals surface area contributed by atoms with Crippen molar-refractivity contribution in [3.63, 3.8) is 0 Å². The van der Waals surface area contributed by atoms with E-state index in [0.29, 0.717) is 18.5 Å². The molecule has 1 heterocycles. The molecular formula is C19H25N3O5. The minimum Gasteiger partial charge on any atom is -0.477 e. The summed E-state index contributed by atoms with van der Waals surface area (Å²) in [5.74, 6) is -1.21. The lowest BCUT2D eigenvalue weighted by Crippen LogP contribution is -2.20. The number of aliphatic hydroxyl groups is 1. The van der Waals surface area contributed by atoms with Crippen LogP contribution in [0.4, 0.5) is 11.4 Å². The lowest BCUT2D eigenvalue weighted by atomic mass is 10.1. The molecule has 0 amide bonds. The molecule has 27 heavy (non-hydrogen) atoms. The Morgan fingerprint density at radius 3 is 2.67 bits per heavy atom. The van der Waals surface area contributed by atoms with Crippen LogP contribution < -0.4 is 15.6 Å². The van der Waals surface area contributed by atoms with Gasteiger partial charge in [-0.15, -0.1) is 0 Å². The van der Waals surface area contributed by atoms with Crippen molar-refractivity contribution in [2.45, 2.75) is 18.9 Å². The Labute approximate surface area is 157 Å². The van der Waals surface area contributed by atoms with Crippen molar-refractivity contribution in [3.8, 4) is 0 Å². The quantitative estimate of drug-likeness (QED) is 0.571. The van der Waals surface area contributed by atoms with E-state index in [1.807, 2.05) is 29.6 Å². The van der Waals surface area contributed by atoms with Crippen LogP contribution in [-0.4, -0.2) is 61.2 Å². The zero-order chi connectivity index (χ0) is 19.6. The van der Waals surface area contributed by atoms with E-state index in [9.17, 15) is 14.7 Å². The summed E-state index contributed by atoms with van der Waals surface area (Å²) in [6, 6.07) is 3.90. The first kappa shape index (κ1) is 19.2. The van der Waals surface area contributed by atoms with Crippen LogP contribution in [0.1, 0.15) is 29.2 Å². The molecule has 3 N–H and O–H groups in total. The van der Waals surface area contributed by atoms with Gasteiger partial charge in [0, 0.05) is 38.3 Å². The molecule has 0 bridgehead atoms. The van der Waals surface area contributed by atoms with Gasteiger partial charge in [-0.25, -0.2) is 4.79 Å². The number of hydrogen-bond donors (Lipinski definition) is 3. The second-order valence-corrected chi connectivity index (χ2v) is 6.86. The fourth-order valence-corrected chi connectivity index (χ4v) is 3.13. The Balaban J connectivity index is 2.07. The molecule has 1 fully saturated rings. The number of anilines is 2. The average molecular weight is 375 g/mol. The average Bonchev–Trinajstić information content (AvgIpc) is 3.46. The summed E-state index contributed by atoms with van der Waals surface area (Å²) < 4.78 is 7.17. The number of aromatic nitrogens is 1. The van der Waals surface area contributed by atoms with Gasteiger partial charge < -0.3 is 29.7 Å². The van der Waals surface area contributed by atoms with Crippen molar-refractivity contribution in [1.82, 2.24) is 4.57 Å². The van der Waals surface area contributed by atoms with Crippen LogP contribution in [0.25, 0.3) is 10.9 Å². The minimum absolute atomic E-state index is 0.0302. The topological polar surface area (TPSA) is 104 Å². The van der Waals surface area contributed by atoms with Gasteiger partial charge in [-0.2, -0.15) is 0 Å². The Kier molecular flexibility index (Phi) is 5.67. The number of nitrogens with one attached hydrogen (secondary N) is 1. The number of hydrogen-bond acceptors (Lipinski definition) is 6. The molecule has 1 aliphatic rings. The molecule has 1 aromatic heterocycles. The maximum Gasteiger partial charge on any atom is 0.341 e. The summed E-state index contributed by atoms with van der Waals surface area (Å²) in [7, 11) is 3.83. The molecule has 0 saturated heterocycles. The van der Waals surface area contributed by atoms with Crippen molar-refractivity contribution in [3.05, 3.63) is 34.1 Å². The van der Waals surface area contributed by atoms with Crippen molar-refractivity contribution < 1.29 is 19.7 Å². The van der Waals surface area contributed by atoms with Crippen molar-refractivity contribution in [2.75, 3.05) is 50.7 Å². The molecular weight excluding hydrogens is 350 g/mol. The van der Waals surface area contributed by atoms with Gasteiger partial charge in [-0.1, -0.05) is 0 Å². The van der Waals surface area contributed by atoms with Crippen LogP contribution in [-0.2, 0) is 4.74 Å². The third kappa shape index (κ3) is 4.06. The van der Waals surface area contributed by atoms with Gasteiger partial charge in [-0.05, 0) is 25.0 Å². The second-order valence-electron chi connectivity index (χ2n) is 6.86. The van der Waals surface area contributed by atoms with Gasteiger partial charge in [-0.3, -0.25) is 4.79 Å². The zero-order valence-corrected chi connectivity index (χ0v) is 15.6. The van der Waals surface area contributed by atoms with Crippen LogP contribution in [0.3, 0.4) is 0 Å². The monoisotopic (exact) mass is 375 g/mol. The number of fused-ring (bicyclic) bond motifs is 1. The summed E-state index contributed by atoms with van der Waals surface area (Å²) in [6.45, 7) is 1.15. The van der Waals surface area contributed by atoms with Gasteiger partial charge in [0.05, 0.1) is 36.7 Å². The molecule has 0 atom stereocenters. The van der Waals surface area contributed by atoms with Gasteiger partial charge >= 0.3 is 5.97 Å². The largest absolute Gasteiger partial charge is 0.477 e. The SMILES string of the molecule is CN(C)c1cc2c(cc1NCCOCCO)c(=O)c(C(=O)O)cn2C1CC1. The number of nitrogens with zero attached hydrogens (tertiary/aromatic N) is 2. The molecule has 1 aliphatic carbocycles. The first-order valence-corrected chi connectivity index (χ1v) is 9.00. The number of aromatic carboxylic acids is 1. The van der Waals surface area contributed by atoms with Gasteiger partial charge in [0.1, 0.15) is 5.56 Å². The predicted octanol–water partition coefficient (Wildman–Crippen LogP) is 1.52. The Morgan fingerprint density at radius 1 is 1.33 bits per heavy atom. The summed E-state index contributed by atoms with van der Waals surface area (Å²) in [4.78, 5) is 26.2. The highest BCUT2D eigenvalue weighted by atomic mass is 16.5. The fraction of sp³-hybridized carbons (Fsp3) is 0.474. The van der Waals surface area contributed by atoms with Gasteiger partial charge in [0.2, 0.25) is 5.43 Å². The van der Waals surface area contributed by atoms with E-state index in [4.69, 9.17) is 9.84 Å². The molecule has 0 spiro atoms. The highest BCUT2D eigenvalue weighted by Gasteiger charge is 2.27. The Bertz CT molecular complexity index is 902. The summed E-state index contributed by atoms with van der Waals surface area (Å²) >= 11 is 0. The zero-order valence-electron chi connectivity index (χ0n) is 15.6. The summed E-state index contributed by atoms with van der Waals surface area (Å²) in [6.07, 6.45) is 3.44. The third-order valence-corrected chi connectivity index (χ3v) is 4.60. The van der Waals surface area contributed by atoms with Crippen LogP contribution in [0.5, 0.6) is 0 Å². The second kappa shape index (κ2) is 7.98. The van der Waals surface area contributed by atoms with E-state index in [1.165, 1.54) is 6.20 Å². The maximum atomic E-state index is 12.7. The number of carboxylic acids is 1. The number of pyridine rings is 1. The lowest BCUT2D eigenvalue weighted by Gasteiger charge is -2.21. The van der Waals surface area contributed by atoms with E-state index in [0.717, 1.165) is 29.7 Å². The van der Waals surface area contributed by atoms with Crippen molar-refractivity contribution >= 4 is 28.2 Å². The summed E-state index contributed by atoms with van der Waals surface area (Å²) in [5, 5.41) is 21.8. The fourth-order valence-electron chi connectivity index (χ4n) is 3.13. The first-order valence-electron chi connectivity index (χ1n) is 9.00. The van der Waals surface area contributed by atoms with Crippen LogP contribution in [0, 0.1) is 0 Å². The van der Waals surface area contributed by atoms with E-state index in [-0.39, 0.29) is 24.8 Å². The Morgan fingerprint density at radius 2 is 2.07 bits per heavy atom. The molecule has 0 unspecified atom stereocenters. The van der Waals surface area contributed by atoms with E-state index in [2.05, 4.69) is 5.32 Å². The number of carbonyl (C=O) groups is 1. The minimum atomic E-state index is -1.21. The highest BCUT2D eigenvalue weighted by Crippen LogP contribution is 2.39. The number of rotatable bonds is 9.